The Kier molecular flexibility index (Phi) is 6.23. The number of amides is 2. The monoisotopic (exact) mass is 410 g/mol. The fourth-order valence-electron chi connectivity index (χ4n) is 1.78. The maximum Gasteiger partial charge on any atom is 0.259 e. The summed E-state index contributed by atoms with van der Waals surface area (Å²) in [4.78, 5) is 25.2. The average Bonchev–Trinajstić information content (AvgIpc) is 2.55. The molecule has 0 spiro atoms. The molecule has 7 heteroatoms. The molecule has 126 valence electrons. The molecular weight excluding hydrogens is 396 g/mol. The molecule has 0 saturated heterocycles. The molecule has 1 N–H and O–H groups in total. The van der Waals surface area contributed by atoms with Crippen LogP contribution in [0.25, 0.3) is 0 Å². The number of likely N-dealkylation sites (N-methyl/N-ethyl adjacent to an activating group) is 1. The third kappa shape index (κ3) is 4.97. The number of carbonyl (C=O) groups excluding carboxylic acids is 2. The zero-order valence-corrected chi connectivity index (χ0v) is 15.5. The van der Waals surface area contributed by atoms with E-state index in [0.29, 0.717) is 22.0 Å². The summed E-state index contributed by atoms with van der Waals surface area (Å²) < 4.78 is 6.15. The van der Waals surface area contributed by atoms with Crippen molar-refractivity contribution in [1.29, 1.82) is 0 Å². The summed E-state index contributed by atoms with van der Waals surface area (Å²) in [6, 6.07) is 11.8. The summed E-state index contributed by atoms with van der Waals surface area (Å²) in [5.41, 5.74) is 0.977. The summed E-state index contributed by atoms with van der Waals surface area (Å²) in [7, 11) is 3.33. The zero-order chi connectivity index (χ0) is 17.7. The van der Waals surface area contributed by atoms with Gasteiger partial charge >= 0.3 is 0 Å². The Morgan fingerprint density at radius 2 is 1.83 bits per heavy atom. The first-order valence-electron chi connectivity index (χ1n) is 7.06. The molecular formula is C17H16BrClN2O3. The van der Waals surface area contributed by atoms with Gasteiger partial charge in [0.2, 0.25) is 0 Å². The first-order chi connectivity index (χ1) is 11.4. The molecule has 0 radical (unpaired) electrons. The van der Waals surface area contributed by atoms with Gasteiger partial charge < -0.3 is 15.0 Å². The minimum absolute atomic E-state index is 0.0354. The van der Waals surface area contributed by atoms with E-state index in [2.05, 4.69) is 21.2 Å². The molecule has 2 amide bonds. The van der Waals surface area contributed by atoms with Crippen molar-refractivity contribution >= 4 is 45.0 Å². The molecule has 0 heterocycles. The molecule has 2 rings (SSSR count). The van der Waals surface area contributed by atoms with Crippen LogP contribution >= 0.6 is 27.5 Å². The Hall–Kier alpha value is -2.05. The molecule has 0 aliphatic carbocycles. The van der Waals surface area contributed by atoms with Gasteiger partial charge in [0, 0.05) is 24.3 Å². The fraction of sp³-hybridized carbons (Fsp3) is 0.176. The maximum absolute atomic E-state index is 12.3. The van der Waals surface area contributed by atoms with Gasteiger partial charge in [0.05, 0.1) is 10.6 Å². The molecule has 0 fully saturated rings. The van der Waals surface area contributed by atoms with Gasteiger partial charge in [-0.25, -0.2) is 0 Å². The second-order valence-corrected chi connectivity index (χ2v) is 6.50. The first-order valence-corrected chi connectivity index (χ1v) is 8.23. The summed E-state index contributed by atoms with van der Waals surface area (Å²) in [6.45, 7) is -0.0354. The van der Waals surface area contributed by atoms with Crippen molar-refractivity contribution in [2.45, 2.75) is 0 Å². The number of benzene rings is 2. The van der Waals surface area contributed by atoms with Crippen LogP contribution in [0.3, 0.4) is 0 Å². The normalized spacial score (nSPS) is 10.2. The molecule has 0 aliphatic rings. The van der Waals surface area contributed by atoms with Gasteiger partial charge in [0.25, 0.3) is 11.8 Å². The molecule has 0 saturated carbocycles. The third-order valence-corrected chi connectivity index (χ3v) is 3.97. The van der Waals surface area contributed by atoms with E-state index in [-0.39, 0.29) is 18.4 Å². The van der Waals surface area contributed by atoms with E-state index >= 15 is 0 Å². The lowest BCUT2D eigenvalue weighted by Crippen LogP contribution is -2.27. The quantitative estimate of drug-likeness (QED) is 0.813. The van der Waals surface area contributed by atoms with Crippen LogP contribution in [0, 0.1) is 0 Å². The second kappa shape index (κ2) is 8.17. The highest BCUT2D eigenvalue weighted by Gasteiger charge is 2.11. The van der Waals surface area contributed by atoms with Crippen LogP contribution in [-0.2, 0) is 4.79 Å². The fourth-order valence-corrected chi connectivity index (χ4v) is 2.34. The minimum Gasteiger partial charge on any atom is -0.484 e. The van der Waals surface area contributed by atoms with Crippen molar-refractivity contribution in [3.8, 4) is 5.75 Å². The molecule has 0 aromatic heterocycles. The topological polar surface area (TPSA) is 58.6 Å². The van der Waals surface area contributed by atoms with E-state index < -0.39 is 0 Å². The number of hydrogen-bond acceptors (Lipinski definition) is 3. The highest BCUT2D eigenvalue weighted by molar-refractivity contribution is 9.10. The van der Waals surface area contributed by atoms with Gasteiger partial charge in [-0.1, -0.05) is 27.5 Å². The number of hydrogen-bond donors (Lipinski definition) is 1. The largest absolute Gasteiger partial charge is 0.484 e. The highest BCUT2D eigenvalue weighted by Crippen LogP contribution is 2.23. The number of halogens is 2. The average molecular weight is 412 g/mol. The van der Waals surface area contributed by atoms with Crippen LogP contribution in [0.5, 0.6) is 5.75 Å². The van der Waals surface area contributed by atoms with Gasteiger partial charge in [0.1, 0.15) is 5.75 Å². The number of carbonyl (C=O) groups is 2. The first kappa shape index (κ1) is 18.3. The molecule has 0 bridgehead atoms. The van der Waals surface area contributed by atoms with E-state index in [1.165, 1.54) is 4.90 Å². The van der Waals surface area contributed by atoms with Crippen molar-refractivity contribution < 1.29 is 14.3 Å². The van der Waals surface area contributed by atoms with Gasteiger partial charge in [-0.2, -0.15) is 0 Å². The summed E-state index contributed by atoms with van der Waals surface area (Å²) in [5, 5.41) is 3.13. The van der Waals surface area contributed by atoms with Crippen LogP contribution in [-0.4, -0.2) is 37.4 Å². The summed E-state index contributed by atoms with van der Waals surface area (Å²) >= 11 is 9.35. The van der Waals surface area contributed by atoms with Crippen LogP contribution in [0.1, 0.15) is 10.4 Å². The lowest BCUT2D eigenvalue weighted by atomic mass is 10.2. The molecule has 24 heavy (non-hydrogen) atoms. The zero-order valence-electron chi connectivity index (χ0n) is 13.2. The predicted molar refractivity (Wildman–Crippen MR) is 97.7 cm³/mol. The Labute approximate surface area is 153 Å². The lowest BCUT2D eigenvalue weighted by molar-refractivity contribution is -0.130. The van der Waals surface area contributed by atoms with E-state index in [0.717, 1.165) is 4.47 Å². The van der Waals surface area contributed by atoms with Crippen molar-refractivity contribution in [3.63, 3.8) is 0 Å². The minimum atomic E-state index is -0.308. The lowest BCUT2D eigenvalue weighted by Gasteiger charge is -2.12. The predicted octanol–water partition coefficient (Wildman–Crippen LogP) is 3.82. The van der Waals surface area contributed by atoms with Gasteiger partial charge in [-0.05, 0) is 42.5 Å². The number of nitrogens with zero attached hydrogens (tertiary/aromatic N) is 1. The van der Waals surface area contributed by atoms with Crippen LogP contribution < -0.4 is 10.1 Å². The van der Waals surface area contributed by atoms with Gasteiger partial charge in [-0.3, -0.25) is 9.59 Å². The smallest absolute Gasteiger partial charge is 0.259 e. The number of rotatable bonds is 5. The van der Waals surface area contributed by atoms with Crippen LogP contribution in [0.15, 0.2) is 46.9 Å². The Bertz CT molecular complexity index is 748. The number of ether oxygens (including phenoxy) is 1. The van der Waals surface area contributed by atoms with E-state index in [4.69, 9.17) is 16.3 Å². The van der Waals surface area contributed by atoms with Crippen molar-refractivity contribution in [3.05, 3.63) is 57.5 Å². The van der Waals surface area contributed by atoms with Crippen LogP contribution in [0.4, 0.5) is 5.69 Å². The second-order valence-electron chi connectivity index (χ2n) is 5.18. The number of anilines is 1. The summed E-state index contributed by atoms with van der Waals surface area (Å²) in [5.74, 6) is 0.109. The molecule has 0 aliphatic heterocycles. The molecule has 0 unspecified atom stereocenters. The van der Waals surface area contributed by atoms with E-state index in [1.807, 2.05) is 0 Å². The van der Waals surface area contributed by atoms with E-state index in [9.17, 15) is 9.59 Å². The van der Waals surface area contributed by atoms with Gasteiger partial charge in [0.15, 0.2) is 6.61 Å². The van der Waals surface area contributed by atoms with Crippen molar-refractivity contribution in [2.24, 2.45) is 0 Å². The molecule has 0 atom stereocenters. The molecule has 5 nitrogen and oxygen atoms in total. The molecule has 2 aromatic carbocycles. The van der Waals surface area contributed by atoms with Gasteiger partial charge in [-0.15, -0.1) is 0 Å². The Balaban J connectivity index is 1.99. The third-order valence-electron chi connectivity index (χ3n) is 3.15. The van der Waals surface area contributed by atoms with Crippen LogP contribution in [0.2, 0.25) is 5.02 Å². The Morgan fingerprint density at radius 1 is 1.17 bits per heavy atom. The van der Waals surface area contributed by atoms with E-state index in [1.54, 1.807) is 56.6 Å². The SMILES string of the molecule is CN(C)C(=O)COc1ccc(NC(=O)c2cc(Br)ccc2Cl)cc1. The highest BCUT2D eigenvalue weighted by atomic mass is 79.9. The number of nitrogens with one attached hydrogen (secondary N) is 1. The standard InChI is InChI=1S/C17H16BrClN2O3/c1-21(2)16(22)10-24-13-6-4-12(5-7-13)20-17(23)14-9-11(18)3-8-15(14)19/h3-9H,10H2,1-2H3,(H,20,23). The van der Waals surface area contributed by atoms with Crippen molar-refractivity contribution in [1.82, 2.24) is 4.90 Å². The Morgan fingerprint density at radius 3 is 2.46 bits per heavy atom. The molecule has 2 aromatic rings. The maximum atomic E-state index is 12.3. The van der Waals surface area contributed by atoms with Crippen molar-refractivity contribution in [2.75, 3.05) is 26.0 Å². The summed E-state index contributed by atoms with van der Waals surface area (Å²) in [6.07, 6.45) is 0.